The van der Waals surface area contributed by atoms with E-state index in [1.54, 1.807) is 43.5 Å². The van der Waals surface area contributed by atoms with Crippen molar-refractivity contribution in [1.29, 1.82) is 0 Å². The Kier molecular flexibility index (Phi) is 5.45. The van der Waals surface area contributed by atoms with E-state index in [1.165, 1.54) is 0 Å². The highest BCUT2D eigenvalue weighted by Gasteiger charge is 2.11. The molecule has 0 aliphatic heterocycles. The van der Waals surface area contributed by atoms with E-state index < -0.39 is 11.3 Å². The van der Waals surface area contributed by atoms with Gasteiger partial charge in [-0.25, -0.2) is 4.98 Å². The van der Waals surface area contributed by atoms with Crippen molar-refractivity contribution in [3.05, 3.63) is 46.0 Å². The molecule has 1 aromatic carbocycles. The first-order valence-corrected chi connectivity index (χ1v) is 7.45. The Morgan fingerprint density at radius 3 is 2.48 bits per heavy atom. The van der Waals surface area contributed by atoms with E-state index in [9.17, 15) is 4.79 Å². The molecule has 2 aromatic rings. The van der Waals surface area contributed by atoms with Gasteiger partial charge in [0.2, 0.25) is 5.88 Å². The summed E-state index contributed by atoms with van der Waals surface area (Å²) < 4.78 is 11.7. The van der Waals surface area contributed by atoms with Gasteiger partial charge in [-0.2, -0.15) is 0 Å². The van der Waals surface area contributed by atoms with Gasteiger partial charge in [-0.3, -0.25) is 4.79 Å². The Bertz CT molecular complexity index is 649. The Balaban J connectivity index is 2.07. The smallest absolute Gasteiger partial charge is 0.262 e. The van der Waals surface area contributed by atoms with Crippen molar-refractivity contribution < 1.29 is 14.3 Å². The van der Waals surface area contributed by atoms with Gasteiger partial charge in [0.25, 0.3) is 5.24 Å². The van der Waals surface area contributed by atoms with Crippen molar-refractivity contribution in [1.82, 2.24) is 4.98 Å². The molecular weight excluding hydrogens is 381 g/mol. The zero-order valence-electron chi connectivity index (χ0n) is 10.8. The average Bonchev–Trinajstić information content (AvgIpc) is 2.43. The van der Waals surface area contributed by atoms with Gasteiger partial charge in [0.1, 0.15) is 16.5 Å². The van der Waals surface area contributed by atoms with Crippen molar-refractivity contribution in [2.24, 2.45) is 0 Å². The summed E-state index contributed by atoms with van der Waals surface area (Å²) in [4.78, 5) is 15.0. The van der Waals surface area contributed by atoms with E-state index in [2.05, 4.69) is 20.9 Å². The molecule has 0 saturated carbocycles. The van der Waals surface area contributed by atoms with E-state index in [4.69, 9.17) is 32.7 Å². The van der Waals surface area contributed by atoms with E-state index in [1.807, 2.05) is 0 Å². The normalized spacial score (nSPS) is 11.8. The summed E-state index contributed by atoms with van der Waals surface area (Å²) >= 11 is 14.6. The number of hydrogen-bond acceptors (Lipinski definition) is 4. The quantitative estimate of drug-likeness (QED) is 0.686. The zero-order chi connectivity index (χ0) is 15.4. The van der Waals surface area contributed by atoms with Gasteiger partial charge in [0, 0.05) is 10.7 Å². The molecular formula is C14H10BrCl2NO3. The largest absolute Gasteiger partial charge is 0.482 e. The van der Waals surface area contributed by atoms with Gasteiger partial charge in [-0.05, 0) is 64.8 Å². The van der Waals surface area contributed by atoms with Crippen LogP contribution < -0.4 is 9.47 Å². The Morgan fingerprint density at radius 1 is 1.29 bits per heavy atom. The minimum absolute atomic E-state index is 0.304. The fourth-order valence-corrected chi connectivity index (χ4v) is 2.14. The molecule has 1 unspecified atom stereocenters. The Hall–Kier alpha value is -1.30. The lowest BCUT2D eigenvalue weighted by Crippen LogP contribution is -2.18. The maximum absolute atomic E-state index is 10.9. The van der Waals surface area contributed by atoms with Crippen LogP contribution in [0.15, 0.2) is 41.0 Å². The third-order valence-electron chi connectivity index (χ3n) is 2.44. The van der Waals surface area contributed by atoms with E-state index in [0.29, 0.717) is 22.4 Å². The maximum Gasteiger partial charge on any atom is 0.262 e. The number of aromatic nitrogens is 1. The maximum atomic E-state index is 10.9. The molecule has 0 radical (unpaired) electrons. The van der Waals surface area contributed by atoms with Gasteiger partial charge in [0.15, 0.2) is 6.10 Å². The standard InChI is InChI=1S/C14H10BrCl2NO3/c1-8(13(17)19)20-10-2-4-11(5-3-10)21-14-12(16)6-9(15)7-18-14/h2-8H,1H3. The SMILES string of the molecule is CC(Oc1ccc(Oc2ncc(Br)cc2Cl)cc1)C(=O)Cl. The molecule has 1 aromatic heterocycles. The fourth-order valence-electron chi connectivity index (χ4n) is 1.43. The van der Waals surface area contributed by atoms with Crippen molar-refractivity contribution in [3.63, 3.8) is 0 Å². The summed E-state index contributed by atoms with van der Waals surface area (Å²) in [6.07, 6.45) is 0.882. The highest BCUT2D eigenvalue weighted by molar-refractivity contribution is 9.10. The number of pyridine rings is 1. The third-order valence-corrected chi connectivity index (χ3v) is 3.46. The predicted octanol–water partition coefficient (Wildman–Crippen LogP) is 4.82. The predicted molar refractivity (Wildman–Crippen MR) is 84.4 cm³/mol. The molecule has 110 valence electrons. The number of benzene rings is 1. The van der Waals surface area contributed by atoms with Gasteiger partial charge >= 0.3 is 0 Å². The molecule has 0 saturated heterocycles. The van der Waals surface area contributed by atoms with Crippen molar-refractivity contribution in [3.8, 4) is 17.4 Å². The molecule has 2 rings (SSSR count). The molecule has 0 aliphatic rings. The highest BCUT2D eigenvalue weighted by Crippen LogP contribution is 2.30. The Morgan fingerprint density at radius 2 is 1.90 bits per heavy atom. The summed E-state index contributed by atoms with van der Waals surface area (Å²) in [5.74, 6) is 1.36. The van der Waals surface area contributed by atoms with Gasteiger partial charge < -0.3 is 9.47 Å². The summed E-state index contributed by atoms with van der Waals surface area (Å²) in [6, 6.07) is 8.38. The lowest BCUT2D eigenvalue weighted by atomic mass is 10.3. The monoisotopic (exact) mass is 389 g/mol. The first kappa shape index (κ1) is 16.1. The lowest BCUT2D eigenvalue weighted by molar-refractivity contribution is -0.117. The van der Waals surface area contributed by atoms with E-state index in [0.717, 1.165) is 4.47 Å². The van der Waals surface area contributed by atoms with Crippen LogP contribution in [0.25, 0.3) is 0 Å². The second kappa shape index (κ2) is 7.11. The highest BCUT2D eigenvalue weighted by atomic mass is 79.9. The van der Waals surface area contributed by atoms with Crippen LogP contribution in [-0.4, -0.2) is 16.3 Å². The molecule has 0 aliphatic carbocycles. The third kappa shape index (κ3) is 4.59. The second-order valence-corrected chi connectivity index (χ2v) is 5.77. The number of carbonyl (C=O) groups is 1. The van der Waals surface area contributed by atoms with Crippen LogP contribution in [0.4, 0.5) is 0 Å². The molecule has 0 N–H and O–H groups in total. The number of halogens is 3. The zero-order valence-corrected chi connectivity index (χ0v) is 13.9. The summed E-state index contributed by atoms with van der Waals surface area (Å²) in [5, 5.41) is -0.160. The topological polar surface area (TPSA) is 48.4 Å². The molecule has 1 atom stereocenters. The molecule has 7 heteroatoms. The first-order valence-electron chi connectivity index (χ1n) is 5.90. The number of hydrogen-bond donors (Lipinski definition) is 0. The van der Waals surface area contributed by atoms with Crippen LogP contribution in [0.5, 0.6) is 17.4 Å². The minimum Gasteiger partial charge on any atom is -0.482 e. The van der Waals surface area contributed by atoms with Crippen LogP contribution in [-0.2, 0) is 4.79 Å². The lowest BCUT2D eigenvalue weighted by Gasteiger charge is -2.11. The van der Waals surface area contributed by atoms with Crippen LogP contribution >= 0.6 is 39.1 Å². The summed E-state index contributed by atoms with van der Waals surface area (Å²) in [7, 11) is 0. The van der Waals surface area contributed by atoms with E-state index in [-0.39, 0.29) is 0 Å². The van der Waals surface area contributed by atoms with Gasteiger partial charge in [-0.15, -0.1) is 0 Å². The minimum atomic E-state index is -0.707. The number of carbonyl (C=O) groups excluding carboxylic acids is 1. The van der Waals surface area contributed by atoms with Crippen LogP contribution in [0.1, 0.15) is 6.92 Å². The van der Waals surface area contributed by atoms with Gasteiger partial charge in [0.05, 0.1) is 0 Å². The summed E-state index contributed by atoms with van der Waals surface area (Å²) in [6.45, 7) is 1.57. The Labute approximate surface area is 140 Å². The molecule has 4 nitrogen and oxygen atoms in total. The number of nitrogens with zero attached hydrogens (tertiary/aromatic N) is 1. The second-order valence-electron chi connectivity index (χ2n) is 4.08. The number of rotatable bonds is 5. The van der Waals surface area contributed by atoms with Gasteiger partial charge in [-0.1, -0.05) is 11.6 Å². The molecule has 1 heterocycles. The molecule has 0 fully saturated rings. The van der Waals surface area contributed by atoms with Crippen molar-refractivity contribution in [2.75, 3.05) is 0 Å². The molecule has 21 heavy (non-hydrogen) atoms. The molecule has 0 bridgehead atoms. The van der Waals surface area contributed by atoms with Crippen LogP contribution in [0, 0.1) is 0 Å². The van der Waals surface area contributed by atoms with Crippen molar-refractivity contribution in [2.45, 2.75) is 13.0 Å². The molecule has 0 spiro atoms. The fraction of sp³-hybridized carbons (Fsp3) is 0.143. The average molecular weight is 391 g/mol. The first-order chi connectivity index (χ1) is 9.95. The van der Waals surface area contributed by atoms with E-state index >= 15 is 0 Å². The van der Waals surface area contributed by atoms with Crippen LogP contribution in [0.2, 0.25) is 5.02 Å². The number of ether oxygens (including phenoxy) is 2. The van der Waals surface area contributed by atoms with Crippen molar-refractivity contribution >= 4 is 44.4 Å². The summed E-state index contributed by atoms with van der Waals surface area (Å²) in [5.41, 5.74) is 0. The van der Waals surface area contributed by atoms with Crippen LogP contribution in [0.3, 0.4) is 0 Å². The molecule has 0 amide bonds.